The van der Waals surface area contributed by atoms with E-state index in [1.54, 1.807) is 19.2 Å². The molecule has 0 spiro atoms. The molecule has 0 aliphatic rings. The van der Waals surface area contributed by atoms with Crippen LogP contribution >= 0.6 is 15.9 Å². The quantitative estimate of drug-likeness (QED) is 0.612. The number of hydrogen-bond donors (Lipinski definition) is 1. The molecule has 1 rings (SSSR count). The molecule has 0 bridgehead atoms. The largest absolute Gasteiger partial charge is 0.493 e. The predicted molar refractivity (Wildman–Crippen MR) is 77.8 cm³/mol. The molecule has 0 unspecified atom stereocenters. The first kappa shape index (κ1) is 15.6. The fourth-order valence-corrected chi connectivity index (χ4v) is 1.89. The Hall–Kier alpha value is -1.49. The molecule has 1 aromatic rings. The Morgan fingerprint density at radius 2 is 2.16 bits per heavy atom. The van der Waals surface area contributed by atoms with Crippen molar-refractivity contribution in [1.82, 2.24) is 0 Å². The molecule has 5 heteroatoms. The number of unbranched alkanes of at least 4 members (excludes halogenated alkanes) is 1. The minimum Gasteiger partial charge on any atom is -0.493 e. The maximum Gasteiger partial charge on any atom is 0.328 e. The number of hydrogen-bond acceptors (Lipinski definition) is 3. The Morgan fingerprint density at radius 1 is 1.42 bits per heavy atom. The number of ether oxygens (including phenoxy) is 2. The zero-order chi connectivity index (χ0) is 14.3. The van der Waals surface area contributed by atoms with E-state index in [0.717, 1.165) is 29.0 Å². The Bertz CT molecular complexity index is 469. The van der Waals surface area contributed by atoms with Crippen molar-refractivity contribution in [2.24, 2.45) is 0 Å². The first-order valence-corrected chi connectivity index (χ1v) is 6.79. The fraction of sp³-hybridized carbons (Fsp3) is 0.357. The summed E-state index contributed by atoms with van der Waals surface area (Å²) in [5.74, 6) is 0.244. The number of carboxylic acid groups (broad SMARTS) is 1. The van der Waals surface area contributed by atoms with Crippen LogP contribution in [-0.4, -0.2) is 24.8 Å². The lowest BCUT2D eigenvalue weighted by molar-refractivity contribution is -0.131. The van der Waals surface area contributed by atoms with Crippen molar-refractivity contribution in [3.63, 3.8) is 0 Å². The SMILES string of the molecule is CCCCOc1cc(Br)c(/C=C/C(=O)O)cc1OC. The molecule has 19 heavy (non-hydrogen) atoms. The number of halogens is 1. The van der Waals surface area contributed by atoms with Crippen LogP contribution in [0.5, 0.6) is 11.5 Å². The van der Waals surface area contributed by atoms with Gasteiger partial charge >= 0.3 is 5.97 Å². The molecule has 1 aromatic carbocycles. The lowest BCUT2D eigenvalue weighted by Crippen LogP contribution is -1.99. The van der Waals surface area contributed by atoms with E-state index < -0.39 is 5.97 Å². The Morgan fingerprint density at radius 3 is 2.74 bits per heavy atom. The Kier molecular flexibility index (Phi) is 6.42. The lowest BCUT2D eigenvalue weighted by Gasteiger charge is -2.12. The topological polar surface area (TPSA) is 55.8 Å². The van der Waals surface area contributed by atoms with Gasteiger partial charge in [0.05, 0.1) is 13.7 Å². The molecule has 0 aliphatic carbocycles. The standard InChI is InChI=1S/C14H17BrO4/c1-3-4-7-19-13-9-11(15)10(5-6-14(16)17)8-12(13)18-2/h5-6,8-9H,3-4,7H2,1-2H3,(H,16,17)/b6-5+. The zero-order valence-electron chi connectivity index (χ0n) is 11.0. The minimum absolute atomic E-state index is 0.587. The summed E-state index contributed by atoms with van der Waals surface area (Å²) in [7, 11) is 1.56. The molecular formula is C14H17BrO4. The molecule has 1 N–H and O–H groups in total. The van der Waals surface area contributed by atoms with Gasteiger partial charge in [-0.3, -0.25) is 0 Å². The van der Waals surface area contributed by atoms with Gasteiger partial charge in [-0.25, -0.2) is 4.79 Å². The molecule has 0 amide bonds. The van der Waals surface area contributed by atoms with Gasteiger partial charge in [0, 0.05) is 10.5 Å². The maximum atomic E-state index is 10.5. The van der Waals surface area contributed by atoms with Gasteiger partial charge in [0.1, 0.15) is 0 Å². The summed E-state index contributed by atoms with van der Waals surface area (Å²) in [4.78, 5) is 10.5. The third kappa shape index (κ3) is 4.95. The van der Waals surface area contributed by atoms with Crippen molar-refractivity contribution in [3.05, 3.63) is 28.2 Å². The van der Waals surface area contributed by atoms with Crippen LogP contribution in [0.1, 0.15) is 25.3 Å². The molecule has 0 saturated heterocycles. The number of carbonyl (C=O) groups is 1. The van der Waals surface area contributed by atoms with Gasteiger partial charge in [-0.05, 0) is 30.2 Å². The third-order valence-electron chi connectivity index (χ3n) is 2.44. The number of carboxylic acids is 1. The molecule has 0 aliphatic heterocycles. The molecule has 0 saturated carbocycles. The highest BCUT2D eigenvalue weighted by Crippen LogP contribution is 2.34. The van der Waals surface area contributed by atoms with Crippen LogP contribution in [-0.2, 0) is 4.79 Å². The first-order chi connectivity index (χ1) is 9.08. The van der Waals surface area contributed by atoms with Gasteiger partial charge in [-0.2, -0.15) is 0 Å². The van der Waals surface area contributed by atoms with Crippen LogP contribution < -0.4 is 9.47 Å². The molecule has 0 radical (unpaired) electrons. The highest BCUT2D eigenvalue weighted by Gasteiger charge is 2.09. The van der Waals surface area contributed by atoms with E-state index >= 15 is 0 Å². The van der Waals surface area contributed by atoms with Gasteiger partial charge in [0.2, 0.25) is 0 Å². The van der Waals surface area contributed by atoms with Crippen molar-refractivity contribution < 1.29 is 19.4 Å². The Labute approximate surface area is 121 Å². The number of rotatable bonds is 7. The third-order valence-corrected chi connectivity index (χ3v) is 3.13. The summed E-state index contributed by atoms with van der Waals surface area (Å²) in [6, 6.07) is 3.53. The second kappa shape index (κ2) is 7.84. The van der Waals surface area contributed by atoms with Crippen LogP contribution in [0.2, 0.25) is 0 Å². The van der Waals surface area contributed by atoms with Crippen molar-refractivity contribution in [1.29, 1.82) is 0 Å². The fourth-order valence-electron chi connectivity index (χ4n) is 1.44. The van der Waals surface area contributed by atoms with Crippen molar-refractivity contribution >= 4 is 28.0 Å². The van der Waals surface area contributed by atoms with Gasteiger partial charge in [0.15, 0.2) is 11.5 Å². The summed E-state index contributed by atoms with van der Waals surface area (Å²) < 4.78 is 11.6. The highest BCUT2D eigenvalue weighted by molar-refractivity contribution is 9.10. The van der Waals surface area contributed by atoms with E-state index in [1.807, 2.05) is 0 Å². The van der Waals surface area contributed by atoms with E-state index in [0.29, 0.717) is 18.1 Å². The van der Waals surface area contributed by atoms with Gasteiger partial charge in [-0.1, -0.05) is 29.3 Å². The molecule has 0 aromatic heterocycles. The molecular weight excluding hydrogens is 312 g/mol. The lowest BCUT2D eigenvalue weighted by atomic mass is 10.2. The van der Waals surface area contributed by atoms with E-state index in [4.69, 9.17) is 14.6 Å². The van der Waals surface area contributed by atoms with Crippen LogP contribution in [0, 0.1) is 0 Å². The van der Waals surface area contributed by atoms with Crippen molar-refractivity contribution in [2.45, 2.75) is 19.8 Å². The van der Waals surface area contributed by atoms with Gasteiger partial charge < -0.3 is 14.6 Å². The number of benzene rings is 1. The predicted octanol–water partition coefficient (Wildman–Crippen LogP) is 3.73. The second-order valence-electron chi connectivity index (χ2n) is 3.90. The van der Waals surface area contributed by atoms with Crippen LogP contribution in [0.3, 0.4) is 0 Å². The molecule has 0 fully saturated rings. The Balaban J connectivity index is 2.96. The van der Waals surface area contributed by atoms with E-state index in [1.165, 1.54) is 6.08 Å². The molecule has 104 valence electrons. The monoisotopic (exact) mass is 328 g/mol. The molecule has 0 heterocycles. The number of aliphatic carboxylic acids is 1. The summed E-state index contributed by atoms with van der Waals surface area (Å²) >= 11 is 3.39. The zero-order valence-corrected chi connectivity index (χ0v) is 12.6. The van der Waals surface area contributed by atoms with Crippen LogP contribution in [0.15, 0.2) is 22.7 Å². The van der Waals surface area contributed by atoms with Gasteiger partial charge in [-0.15, -0.1) is 0 Å². The number of methoxy groups -OCH3 is 1. The second-order valence-corrected chi connectivity index (χ2v) is 4.75. The van der Waals surface area contributed by atoms with E-state index in [2.05, 4.69) is 22.9 Å². The summed E-state index contributed by atoms with van der Waals surface area (Å²) in [5.41, 5.74) is 0.724. The first-order valence-electron chi connectivity index (χ1n) is 5.99. The molecule has 4 nitrogen and oxygen atoms in total. The summed E-state index contributed by atoms with van der Waals surface area (Å²) in [6.45, 7) is 2.72. The highest BCUT2D eigenvalue weighted by atomic mass is 79.9. The smallest absolute Gasteiger partial charge is 0.328 e. The van der Waals surface area contributed by atoms with Crippen molar-refractivity contribution in [3.8, 4) is 11.5 Å². The average Bonchev–Trinajstić information content (AvgIpc) is 2.38. The van der Waals surface area contributed by atoms with Crippen molar-refractivity contribution in [2.75, 3.05) is 13.7 Å². The maximum absolute atomic E-state index is 10.5. The van der Waals surface area contributed by atoms with E-state index in [-0.39, 0.29) is 0 Å². The van der Waals surface area contributed by atoms with Gasteiger partial charge in [0.25, 0.3) is 0 Å². The summed E-state index contributed by atoms with van der Waals surface area (Å²) in [5, 5.41) is 8.63. The molecule has 0 atom stereocenters. The summed E-state index contributed by atoms with van der Waals surface area (Å²) in [6.07, 6.45) is 4.62. The van der Waals surface area contributed by atoms with E-state index in [9.17, 15) is 4.79 Å². The average molecular weight is 329 g/mol. The normalized spacial score (nSPS) is 10.7. The van der Waals surface area contributed by atoms with Crippen LogP contribution in [0.4, 0.5) is 0 Å². The van der Waals surface area contributed by atoms with Crippen LogP contribution in [0.25, 0.3) is 6.08 Å². The minimum atomic E-state index is -0.992.